The lowest BCUT2D eigenvalue weighted by molar-refractivity contribution is -0.114. The Bertz CT molecular complexity index is 644. The van der Waals surface area contributed by atoms with Gasteiger partial charge in [-0.15, -0.1) is 0 Å². The highest BCUT2D eigenvalue weighted by Crippen LogP contribution is 2.33. The molecule has 0 aliphatic heterocycles. The van der Waals surface area contributed by atoms with E-state index in [0.717, 1.165) is 0 Å². The molecule has 0 radical (unpaired) electrons. The molecule has 1 N–H and O–H groups in total. The third kappa shape index (κ3) is 2.37. The Balaban J connectivity index is 2.67. The number of hydrogen-bond acceptors (Lipinski definition) is 5. The minimum Gasteiger partial charge on any atom is -0.497 e. The van der Waals surface area contributed by atoms with E-state index in [2.05, 4.69) is 10.1 Å². The van der Waals surface area contributed by atoms with Crippen molar-refractivity contribution in [1.82, 2.24) is 0 Å². The van der Waals surface area contributed by atoms with E-state index < -0.39 is 5.97 Å². The average molecular weight is 263 g/mol. The number of rotatable bonds is 3. The number of ether oxygens (including phenoxy) is 2. The van der Waals surface area contributed by atoms with Crippen LogP contribution in [0.15, 0.2) is 22.6 Å². The molecule has 6 nitrogen and oxygen atoms in total. The highest BCUT2D eigenvalue weighted by molar-refractivity contribution is 6.09. The number of amides is 1. The monoisotopic (exact) mass is 263 g/mol. The molecule has 2 aromatic rings. The summed E-state index contributed by atoms with van der Waals surface area (Å²) < 4.78 is 15.1. The number of anilines is 1. The Labute approximate surface area is 109 Å². The molecule has 0 atom stereocenters. The number of nitrogens with one attached hydrogen (secondary N) is 1. The normalized spacial score (nSPS) is 10.3. The first-order valence-electron chi connectivity index (χ1n) is 5.53. The number of methoxy groups -OCH3 is 2. The number of fused-ring (bicyclic) bond motifs is 1. The van der Waals surface area contributed by atoms with Crippen LogP contribution in [-0.2, 0) is 9.53 Å². The minimum absolute atomic E-state index is 0.0408. The zero-order chi connectivity index (χ0) is 14.0. The van der Waals surface area contributed by atoms with Gasteiger partial charge in [-0.3, -0.25) is 4.79 Å². The molecule has 1 aromatic carbocycles. The van der Waals surface area contributed by atoms with Crippen molar-refractivity contribution >= 4 is 28.5 Å². The summed E-state index contributed by atoms with van der Waals surface area (Å²) in [5, 5.41) is 3.15. The first kappa shape index (κ1) is 12.9. The molecule has 0 saturated carbocycles. The fourth-order valence-electron chi connectivity index (χ4n) is 1.74. The van der Waals surface area contributed by atoms with Crippen LogP contribution < -0.4 is 10.1 Å². The maximum atomic E-state index is 11.6. The van der Waals surface area contributed by atoms with Crippen LogP contribution in [0.1, 0.15) is 17.5 Å². The molecule has 100 valence electrons. The molecular formula is C13H13NO5. The van der Waals surface area contributed by atoms with Crippen molar-refractivity contribution in [3.05, 3.63) is 24.0 Å². The van der Waals surface area contributed by atoms with Gasteiger partial charge >= 0.3 is 5.97 Å². The topological polar surface area (TPSA) is 77.8 Å². The van der Waals surface area contributed by atoms with Crippen LogP contribution in [0.25, 0.3) is 11.0 Å². The molecule has 19 heavy (non-hydrogen) atoms. The van der Waals surface area contributed by atoms with E-state index >= 15 is 0 Å². The summed E-state index contributed by atoms with van der Waals surface area (Å²) in [4.78, 5) is 22.9. The van der Waals surface area contributed by atoms with Gasteiger partial charge in [-0.1, -0.05) is 0 Å². The summed E-state index contributed by atoms with van der Waals surface area (Å²) in [6.45, 7) is 1.35. The lowest BCUT2D eigenvalue weighted by atomic mass is 10.2. The van der Waals surface area contributed by atoms with E-state index in [1.165, 1.54) is 21.1 Å². The van der Waals surface area contributed by atoms with Gasteiger partial charge in [0.15, 0.2) is 0 Å². The number of carbonyl (C=O) groups excluding carboxylic acids is 2. The summed E-state index contributed by atoms with van der Waals surface area (Å²) in [5.41, 5.74) is 0.748. The number of furan rings is 1. The predicted octanol–water partition coefficient (Wildman–Crippen LogP) is 2.19. The Morgan fingerprint density at radius 3 is 2.58 bits per heavy atom. The molecule has 1 amide bonds. The summed E-state index contributed by atoms with van der Waals surface area (Å²) in [6.07, 6.45) is 0. The van der Waals surface area contributed by atoms with Crippen molar-refractivity contribution in [2.45, 2.75) is 6.92 Å². The van der Waals surface area contributed by atoms with Crippen LogP contribution in [0.5, 0.6) is 5.75 Å². The molecule has 0 spiro atoms. The average Bonchev–Trinajstić information content (AvgIpc) is 2.75. The maximum absolute atomic E-state index is 11.6. The maximum Gasteiger partial charge on any atom is 0.376 e. The first-order valence-corrected chi connectivity index (χ1v) is 5.53. The van der Waals surface area contributed by atoms with Crippen LogP contribution >= 0.6 is 0 Å². The SMILES string of the molecule is COC(=O)c1oc2ccc(OC)cc2c1NC(C)=O. The van der Waals surface area contributed by atoms with Crippen molar-refractivity contribution in [1.29, 1.82) is 0 Å². The molecular weight excluding hydrogens is 250 g/mol. The molecule has 0 saturated heterocycles. The highest BCUT2D eigenvalue weighted by atomic mass is 16.5. The minimum atomic E-state index is -0.654. The fraction of sp³-hybridized carbons (Fsp3) is 0.231. The van der Waals surface area contributed by atoms with Crippen LogP contribution in [-0.4, -0.2) is 26.1 Å². The van der Waals surface area contributed by atoms with Gasteiger partial charge in [-0.25, -0.2) is 4.79 Å². The first-order chi connectivity index (χ1) is 9.06. The van der Waals surface area contributed by atoms with E-state index in [0.29, 0.717) is 16.7 Å². The Hall–Kier alpha value is -2.50. The second-order valence-electron chi connectivity index (χ2n) is 3.84. The number of esters is 1. The van der Waals surface area contributed by atoms with Gasteiger partial charge in [0.2, 0.25) is 11.7 Å². The molecule has 6 heteroatoms. The van der Waals surface area contributed by atoms with Crippen LogP contribution in [0.3, 0.4) is 0 Å². The van der Waals surface area contributed by atoms with Crippen molar-refractivity contribution in [3.63, 3.8) is 0 Å². The molecule has 2 rings (SSSR count). The summed E-state index contributed by atoms with van der Waals surface area (Å²) in [6, 6.07) is 5.03. The predicted molar refractivity (Wildman–Crippen MR) is 68.4 cm³/mol. The van der Waals surface area contributed by atoms with Crippen molar-refractivity contribution in [2.75, 3.05) is 19.5 Å². The van der Waals surface area contributed by atoms with Crippen LogP contribution in [0, 0.1) is 0 Å². The zero-order valence-corrected chi connectivity index (χ0v) is 10.8. The largest absolute Gasteiger partial charge is 0.497 e. The Morgan fingerprint density at radius 2 is 2.00 bits per heavy atom. The van der Waals surface area contributed by atoms with Crippen LogP contribution in [0.4, 0.5) is 5.69 Å². The zero-order valence-electron chi connectivity index (χ0n) is 10.8. The third-order valence-electron chi connectivity index (χ3n) is 2.57. The van der Waals surface area contributed by atoms with Crippen molar-refractivity contribution in [3.8, 4) is 5.75 Å². The Morgan fingerprint density at radius 1 is 1.26 bits per heavy atom. The molecule has 0 bridgehead atoms. The highest BCUT2D eigenvalue weighted by Gasteiger charge is 2.22. The smallest absolute Gasteiger partial charge is 0.376 e. The number of carbonyl (C=O) groups is 2. The standard InChI is InChI=1S/C13H13NO5/c1-7(15)14-11-9-6-8(17-2)4-5-10(9)19-12(11)13(16)18-3/h4-6H,1-3H3,(H,14,15). The van der Waals surface area contributed by atoms with Gasteiger partial charge in [0.1, 0.15) is 17.0 Å². The van der Waals surface area contributed by atoms with Crippen molar-refractivity contribution < 1.29 is 23.5 Å². The molecule has 0 aliphatic rings. The van der Waals surface area contributed by atoms with Crippen molar-refractivity contribution in [2.24, 2.45) is 0 Å². The number of benzene rings is 1. The van der Waals surface area contributed by atoms with Gasteiger partial charge in [0, 0.05) is 12.3 Å². The van der Waals surface area contributed by atoms with Gasteiger partial charge < -0.3 is 19.2 Å². The summed E-state index contributed by atoms with van der Waals surface area (Å²) in [7, 11) is 2.77. The third-order valence-corrected chi connectivity index (χ3v) is 2.57. The van der Waals surface area contributed by atoms with Gasteiger partial charge in [0.25, 0.3) is 0 Å². The van der Waals surface area contributed by atoms with E-state index in [-0.39, 0.29) is 17.4 Å². The van der Waals surface area contributed by atoms with E-state index in [1.807, 2.05) is 0 Å². The van der Waals surface area contributed by atoms with Crippen LogP contribution in [0.2, 0.25) is 0 Å². The lowest BCUT2D eigenvalue weighted by Crippen LogP contribution is -2.10. The van der Waals surface area contributed by atoms with Gasteiger partial charge in [-0.05, 0) is 18.2 Å². The molecule has 0 fully saturated rings. The molecule has 1 heterocycles. The molecule has 0 aliphatic carbocycles. The van der Waals surface area contributed by atoms with E-state index in [1.54, 1.807) is 18.2 Å². The second-order valence-corrected chi connectivity index (χ2v) is 3.84. The van der Waals surface area contributed by atoms with E-state index in [4.69, 9.17) is 9.15 Å². The molecule has 0 unspecified atom stereocenters. The van der Waals surface area contributed by atoms with E-state index in [9.17, 15) is 9.59 Å². The lowest BCUT2D eigenvalue weighted by Gasteiger charge is -2.02. The summed E-state index contributed by atoms with van der Waals surface area (Å²) in [5.74, 6) is -0.410. The van der Waals surface area contributed by atoms with Gasteiger partial charge in [0.05, 0.1) is 14.2 Å². The fourth-order valence-corrected chi connectivity index (χ4v) is 1.74. The molecule has 1 aromatic heterocycles. The quantitative estimate of drug-likeness (QED) is 0.859. The Kier molecular flexibility index (Phi) is 3.41. The number of hydrogen-bond donors (Lipinski definition) is 1. The summed E-state index contributed by atoms with van der Waals surface area (Å²) >= 11 is 0. The second kappa shape index (κ2) is 5.01. The van der Waals surface area contributed by atoms with Gasteiger partial charge in [-0.2, -0.15) is 0 Å².